The van der Waals surface area contributed by atoms with Gasteiger partial charge in [-0.2, -0.15) is 0 Å². The average Bonchev–Trinajstić information content (AvgIpc) is 2.39. The number of hydrogen-bond donors (Lipinski definition) is 1. The maximum Gasteiger partial charge on any atom is 0.270 e. The number of methoxy groups -OCH3 is 2. The molecule has 1 rings (SSSR count). The zero-order valence-electron chi connectivity index (χ0n) is 11.3. The fraction of sp³-hybridized carbons (Fsp3) is 0.455. The van der Waals surface area contributed by atoms with Gasteiger partial charge in [-0.15, -0.1) is 0 Å². The first-order valence-corrected chi connectivity index (χ1v) is 7.10. The highest BCUT2D eigenvalue weighted by molar-refractivity contribution is 7.89. The maximum absolute atomic E-state index is 12.1. The minimum Gasteiger partial charge on any atom is -0.355 e. The lowest BCUT2D eigenvalue weighted by Gasteiger charge is -2.15. The van der Waals surface area contributed by atoms with Crippen LogP contribution < -0.4 is 4.72 Å². The van der Waals surface area contributed by atoms with E-state index in [0.717, 1.165) is 6.07 Å². The fourth-order valence-corrected chi connectivity index (χ4v) is 2.79. The summed E-state index contributed by atoms with van der Waals surface area (Å²) in [5.74, 6) is 0. The first-order chi connectivity index (χ1) is 9.31. The molecule has 112 valence electrons. The number of aryl methyl sites for hydroxylation is 1. The molecule has 1 aromatic rings. The number of nitrogens with zero attached hydrogens (tertiary/aromatic N) is 1. The van der Waals surface area contributed by atoms with Crippen molar-refractivity contribution in [1.82, 2.24) is 4.72 Å². The Bertz CT molecular complexity index is 583. The van der Waals surface area contributed by atoms with Crippen LogP contribution in [-0.2, 0) is 19.5 Å². The lowest BCUT2D eigenvalue weighted by Crippen LogP contribution is -2.34. The first kappa shape index (κ1) is 16.5. The summed E-state index contributed by atoms with van der Waals surface area (Å²) in [5.41, 5.74) is 0.125. The second kappa shape index (κ2) is 6.75. The van der Waals surface area contributed by atoms with Gasteiger partial charge in [-0.3, -0.25) is 10.1 Å². The van der Waals surface area contributed by atoms with Crippen molar-refractivity contribution >= 4 is 15.7 Å². The van der Waals surface area contributed by atoms with Gasteiger partial charge in [-0.05, 0) is 12.5 Å². The smallest absolute Gasteiger partial charge is 0.270 e. The number of ether oxygens (including phenoxy) is 2. The molecule has 0 atom stereocenters. The molecule has 0 bridgehead atoms. The number of nitrogens with one attached hydrogen (secondary N) is 1. The number of nitro groups is 1. The fourth-order valence-electron chi connectivity index (χ4n) is 1.51. The van der Waals surface area contributed by atoms with E-state index in [2.05, 4.69) is 4.72 Å². The molecule has 0 amide bonds. The molecular weight excluding hydrogens is 288 g/mol. The van der Waals surface area contributed by atoms with E-state index in [-0.39, 0.29) is 17.1 Å². The van der Waals surface area contributed by atoms with Crippen molar-refractivity contribution in [3.63, 3.8) is 0 Å². The van der Waals surface area contributed by atoms with E-state index in [1.807, 2.05) is 0 Å². The van der Waals surface area contributed by atoms with Crippen molar-refractivity contribution in [2.75, 3.05) is 20.8 Å². The van der Waals surface area contributed by atoms with Crippen molar-refractivity contribution in [1.29, 1.82) is 0 Å². The van der Waals surface area contributed by atoms with Crippen LogP contribution in [0, 0.1) is 17.0 Å². The SMILES string of the molecule is COC(CNS(=O)(=O)c1cc([N+](=O)[O-])ccc1C)OC. The quantitative estimate of drug-likeness (QED) is 0.453. The van der Waals surface area contributed by atoms with Gasteiger partial charge in [0.25, 0.3) is 5.69 Å². The highest BCUT2D eigenvalue weighted by atomic mass is 32.2. The summed E-state index contributed by atoms with van der Waals surface area (Å²) in [5, 5.41) is 10.7. The number of rotatable bonds is 7. The van der Waals surface area contributed by atoms with Crippen LogP contribution in [0.1, 0.15) is 5.56 Å². The third kappa shape index (κ3) is 3.97. The van der Waals surface area contributed by atoms with Gasteiger partial charge in [-0.25, -0.2) is 13.1 Å². The van der Waals surface area contributed by atoms with Crippen LogP contribution in [0.4, 0.5) is 5.69 Å². The van der Waals surface area contributed by atoms with E-state index in [4.69, 9.17) is 9.47 Å². The molecule has 0 aliphatic heterocycles. The Morgan fingerprint density at radius 2 is 1.95 bits per heavy atom. The predicted molar refractivity (Wildman–Crippen MR) is 70.8 cm³/mol. The van der Waals surface area contributed by atoms with E-state index in [1.165, 1.54) is 26.4 Å². The number of hydrogen-bond acceptors (Lipinski definition) is 6. The number of benzene rings is 1. The third-order valence-corrected chi connectivity index (χ3v) is 4.20. The molecule has 0 aliphatic carbocycles. The Balaban J connectivity index is 3.03. The van der Waals surface area contributed by atoms with E-state index >= 15 is 0 Å². The molecule has 0 aromatic heterocycles. The topological polar surface area (TPSA) is 108 Å². The molecule has 1 aromatic carbocycles. The van der Waals surface area contributed by atoms with Gasteiger partial charge < -0.3 is 9.47 Å². The number of nitro benzene ring substituents is 1. The summed E-state index contributed by atoms with van der Waals surface area (Å²) in [6.07, 6.45) is -0.733. The van der Waals surface area contributed by atoms with Crippen LogP contribution in [0.2, 0.25) is 0 Å². The van der Waals surface area contributed by atoms with E-state index in [1.54, 1.807) is 6.92 Å². The Morgan fingerprint density at radius 3 is 2.45 bits per heavy atom. The van der Waals surface area contributed by atoms with E-state index in [0.29, 0.717) is 5.56 Å². The molecule has 0 radical (unpaired) electrons. The Kier molecular flexibility index (Phi) is 5.57. The van der Waals surface area contributed by atoms with Gasteiger partial charge >= 0.3 is 0 Å². The molecule has 0 saturated carbocycles. The zero-order chi connectivity index (χ0) is 15.3. The van der Waals surface area contributed by atoms with Gasteiger partial charge in [0, 0.05) is 26.4 Å². The number of sulfonamides is 1. The molecule has 0 aliphatic rings. The molecule has 0 fully saturated rings. The summed E-state index contributed by atoms with van der Waals surface area (Å²) < 4.78 is 36.3. The second-order valence-electron chi connectivity index (χ2n) is 3.96. The highest BCUT2D eigenvalue weighted by Gasteiger charge is 2.21. The van der Waals surface area contributed by atoms with Gasteiger partial charge in [0.2, 0.25) is 10.0 Å². The lowest BCUT2D eigenvalue weighted by molar-refractivity contribution is -0.385. The van der Waals surface area contributed by atoms with Crippen molar-refractivity contribution in [3.8, 4) is 0 Å². The Hall–Kier alpha value is -1.55. The van der Waals surface area contributed by atoms with E-state index < -0.39 is 21.2 Å². The molecule has 9 heteroatoms. The predicted octanol–water partition coefficient (Wildman–Crippen LogP) is 0.800. The van der Waals surface area contributed by atoms with Crippen molar-refractivity contribution in [3.05, 3.63) is 33.9 Å². The largest absolute Gasteiger partial charge is 0.355 e. The normalized spacial score (nSPS) is 11.8. The minimum atomic E-state index is -3.88. The van der Waals surface area contributed by atoms with Crippen molar-refractivity contribution in [2.45, 2.75) is 18.1 Å². The summed E-state index contributed by atoms with van der Waals surface area (Å²) in [7, 11) is -1.12. The van der Waals surface area contributed by atoms with Gasteiger partial charge in [0.15, 0.2) is 6.29 Å². The van der Waals surface area contributed by atoms with Crippen molar-refractivity contribution < 1.29 is 22.8 Å². The Labute approximate surface area is 116 Å². The van der Waals surface area contributed by atoms with Crippen LogP contribution >= 0.6 is 0 Å². The lowest BCUT2D eigenvalue weighted by atomic mass is 10.2. The highest BCUT2D eigenvalue weighted by Crippen LogP contribution is 2.21. The summed E-state index contributed by atoms with van der Waals surface area (Å²) in [6.45, 7) is 1.46. The van der Waals surface area contributed by atoms with Crippen LogP contribution in [0.3, 0.4) is 0 Å². The van der Waals surface area contributed by atoms with Crippen LogP contribution in [-0.4, -0.2) is 40.4 Å². The van der Waals surface area contributed by atoms with Gasteiger partial charge in [-0.1, -0.05) is 6.07 Å². The molecule has 0 saturated heterocycles. The Morgan fingerprint density at radius 1 is 1.35 bits per heavy atom. The summed E-state index contributed by atoms with van der Waals surface area (Å²) in [4.78, 5) is 9.91. The zero-order valence-corrected chi connectivity index (χ0v) is 12.1. The average molecular weight is 304 g/mol. The molecule has 0 heterocycles. The van der Waals surface area contributed by atoms with Gasteiger partial charge in [0.1, 0.15) is 0 Å². The maximum atomic E-state index is 12.1. The molecule has 8 nitrogen and oxygen atoms in total. The summed E-state index contributed by atoms with van der Waals surface area (Å²) in [6, 6.07) is 3.66. The molecule has 20 heavy (non-hydrogen) atoms. The number of non-ortho nitro benzene ring substituents is 1. The van der Waals surface area contributed by atoms with E-state index in [9.17, 15) is 18.5 Å². The minimum absolute atomic E-state index is 0.0997. The molecule has 0 spiro atoms. The second-order valence-corrected chi connectivity index (χ2v) is 5.70. The van der Waals surface area contributed by atoms with Crippen molar-refractivity contribution in [2.24, 2.45) is 0 Å². The summed E-state index contributed by atoms with van der Waals surface area (Å²) >= 11 is 0. The van der Waals surface area contributed by atoms with Crippen LogP contribution in [0.15, 0.2) is 23.1 Å². The standard InChI is InChI=1S/C11H16N2O6S/c1-8-4-5-9(13(14)15)6-10(8)20(16,17)12-7-11(18-2)19-3/h4-6,11-12H,7H2,1-3H3. The third-order valence-electron chi connectivity index (χ3n) is 2.64. The van der Waals surface area contributed by atoms with Crippen LogP contribution in [0.5, 0.6) is 0 Å². The van der Waals surface area contributed by atoms with Crippen LogP contribution in [0.25, 0.3) is 0 Å². The van der Waals surface area contributed by atoms with Gasteiger partial charge in [0.05, 0.1) is 16.4 Å². The molecule has 1 N–H and O–H groups in total. The molecular formula is C11H16N2O6S. The molecule has 0 unspecified atom stereocenters. The first-order valence-electron chi connectivity index (χ1n) is 5.62. The monoisotopic (exact) mass is 304 g/mol.